The number of aryl methyl sites for hydroxylation is 1. The molecule has 0 saturated carbocycles. The average molecular weight is 292 g/mol. The molecule has 0 bridgehead atoms. The zero-order valence-corrected chi connectivity index (χ0v) is 12.6. The lowest BCUT2D eigenvalue weighted by Gasteiger charge is -2.11. The van der Waals surface area contributed by atoms with E-state index in [0.29, 0.717) is 5.16 Å². The van der Waals surface area contributed by atoms with Gasteiger partial charge in [0.05, 0.1) is 12.8 Å². The Morgan fingerprint density at radius 2 is 2.15 bits per heavy atom. The lowest BCUT2D eigenvalue weighted by Crippen LogP contribution is -2.16. The molecule has 6 nitrogen and oxygen atoms in total. The van der Waals surface area contributed by atoms with Crippen molar-refractivity contribution in [2.75, 3.05) is 7.11 Å². The van der Waals surface area contributed by atoms with Crippen LogP contribution < -0.4 is 0 Å². The van der Waals surface area contributed by atoms with Gasteiger partial charge >= 0.3 is 5.97 Å². The van der Waals surface area contributed by atoms with Gasteiger partial charge in [-0.05, 0) is 48.4 Å². The Hall–Kier alpha value is -1.89. The summed E-state index contributed by atoms with van der Waals surface area (Å²) in [6, 6.07) is 5.94. The van der Waals surface area contributed by atoms with Crippen LogP contribution in [0.4, 0.5) is 0 Å². The number of carbonyl (C=O) groups is 1. The first-order chi connectivity index (χ1) is 9.54. The van der Waals surface area contributed by atoms with Crippen molar-refractivity contribution in [3.05, 3.63) is 29.3 Å². The van der Waals surface area contributed by atoms with Gasteiger partial charge in [0.2, 0.25) is 5.16 Å². The van der Waals surface area contributed by atoms with Crippen LogP contribution in [0.5, 0.6) is 0 Å². The van der Waals surface area contributed by atoms with Gasteiger partial charge in [-0.15, -0.1) is 5.10 Å². The second kappa shape index (κ2) is 6.04. The van der Waals surface area contributed by atoms with E-state index >= 15 is 0 Å². The van der Waals surface area contributed by atoms with Crippen molar-refractivity contribution in [3.8, 4) is 5.69 Å². The van der Waals surface area contributed by atoms with Crippen molar-refractivity contribution in [3.63, 3.8) is 0 Å². The molecule has 0 radical (unpaired) electrons. The smallest absolute Gasteiger partial charge is 0.318 e. The van der Waals surface area contributed by atoms with Gasteiger partial charge in [0.25, 0.3) is 0 Å². The molecule has 2 aromatic rings. The number of benzene rings is 1. The third-order valence-electron chi connectivity index (χ3n) is 3.06. The van der Waals surface area contributed by atoms with Crippen LogP contribution in [-0.2, 0) is 9.53 Å². The predicted octanol–water partition coefficient (Wildman–Crippen LogP) is 1.93. The summed E-state index contributed by atoms with van der Waals surface area (Å²) in [5, 5.41) is 11.9. The number of nitrogens with zero attached hydrogens (tertiary/aromatic N) is 4. The average Bonchev–Trinajstić information content (AvgIpc) is 2.88. The minimum atomic E-state index is -0.366. The number of aromatic nitrogens is 4. The summed E-state index contributed by atoms with van der Waals surface area (Å²) in [6.45, 7) is 5.82. The molecule has 7 heteroatoms. The molecule has 0 spiro atoms. The fourth-order valence-corrected chi connectivity index (χ4v) is 2.57. The van der Waals surface area contributed by atoms with Crippen molar-refractivity contribution in [1.82, 2.24) is 20.2 Å². The highest BCUT2D eigenvalue weighted by Gasteiger charge is 2.20. The molecule has 0 aliphatic carbocycles. The van der Waals surface area contributed by atoms with Gasteiger partial charge in [-0.2, -0.15) is 4.68 Å². The molecule has 0 aliphatic rings. The number of thioether (sulfide) groups is 1. The fraction of sp³-hybridized carbons (Fsp3) is 0.385. The van der Waals surface area contributed by atoms with Gasteiger partial charge in [-0.3, -0.25) is 4.79 Å². The van der Waals surface area contributed by atoms with Crippen molar-refractivity contribution < 1.29 is 9.53 Å². The Morgan fingerprint density at radius 1 is 1.40 bits per heavy atom. The van der Waals surface area contributed by atoms with Gasteiger partial charge in [-0.25, -0.2) is 0 Å². The number of ether oxygens (including phenoxy) is 1. The van der Waals surface area contributed by atoms with Crippen LogP contribution in [0, 0.1) is 13.8 Å². The number of tetrazole rings is 1. The molecule has 2 rings (SSSR count). The zero-order valence-electron chi connectivity index (χ0n) is 11.8. The molecule has 0 saturated heterocycles. The van der Waals surface area contributed by atoms with E-state index in [1.165, 1.54) is 18.9 Å². The number of hydrogen-bond donors (Lipinski definition) is 0. The molecular formula is C13H16N4O2S. The SMILES string of the molecule is COC(=O)C(C)Sc1nnnn1-c1cccc(C)c1C. The summed E-state index contributed by atoms with van der Waals surface area (Å²) in [5.41, 5.74) is 3.18. The van der Waals surface area contributed by atoms with Gasteiger partial charge in [0.15, 0.2) is 0 Å². The Morgan fingerprint density at radius 3 is 2.85 bits per heavy atom. The standard InChI is InChI=1S/C13H16N4O2S/c1-8-6-5-7-11(9(8)2)17-13(14-15-16-17)20-10(3)12(18)19-4/h5-7,10H,1-4H3. The second-order valence-electron chi connectivity index (χ2n) is 4.38. The molecule has 1 aromatic carbocycles. The lowest BCUT2D eigenvalue weighted by atomic mass is 10.1. The van der Waals surface area contributed by atoms with Crippen molar-refractivity contribution >= 4 is 17.7 Å². The predicted molar refractivity (Wildman–Crippen MR) is 76.0 cm³/mol. The third kappa shape index (κ3) is 2.82. The van der Waals surface area contributed by atoms with Gasteiger partial charge in [-0.1, -0.05) is 23.9 Å². The summed E-state index contributed by atoms with van der Waals surface area (Å²) < 4.78 is 6.36. The number of carbonyl (C=O) groups excluding carboxylic acids is 1. The maximum absolute atomic E-state index is 11.5. The topological polar surface area (TPSA) is 69.9 Å². The molecule has 0 aliphatic heterocycles. The van der Waals surface area contributed by atoms with Crippen LogP contribution in [-0.4, -0.2) is 38.5 Å². The summed E-state index contributed by atoms with van der Waals surface area (Å²) in [4.78, 5) is 11.5. The largest absolute Gasteiger partial charge is 0.468 e. The van der Waals surface area contributed by atoms with Gasteiger partial charge in [0.1, 0.15) is 5.25 Å². The van der Waals surface area contributed by atoms with E-state index < -0.39 is 0 Å². The molecule has 20 heavy (non-hydrogen) atoms. The summed E-state index contributed by atoms with van der Waals surface area (Å²) in [6.07, 6.45) is 0. The highest BCUT2D eigenvalue weighted by Crippen LogP contribution is 2.25. The van der Waals surface area contributed by atoms with E-state index in [1.807, 2.05) is 32.0 Å². The monoisotopic (exact) mass is 292 g/mol. The maximum atomic E-state index is 11.5. The first kappa shape index (κ1) is 14.5. The lowest BCUT2D eigenvalue weighted by molar-refractivity contribution is -0.139. The van der Waals surface area contributed by atoms with Crippen molar-refractivity contribution in [2.24, 2.45) is 0 Å². The van der Waals surface area contributed by atoms with E-state index in [4.69, 9.17) is 4.74 Å². The molecule has 1 aromatic heterocycles. The highest BCUT2D eigenvalue weighted by molar-refractivity contribution is 8.00. The van der Waals surface area contributed by atoms with Crippen LogP contribution in [0.3, 0.4) is 0 Å². The molecule has 106 valence electrons. The minimum Gasteiger partial charge on any atom is -0.468 e. The van der Waals surface area contributed by atoms with E-state index in [0.717, 1.165) is 16.8 Å². The van der Waals surface area contributed by atoms with E-state index in [1.54, 1.807) is 11.6 Å². The zero-order chi connectivity index (χ0) is 14.7. The second-order valence-corrected chi connectivity index (χ2v) is 5.68. The van der Waals surface area contributed by atoms with Crippen LogP contribution in [0.1, 0.15) is 18.1 Å². The summed E-state index contributed by atoms with van der Waals surface area (Å²) in [5.74, 6) is -0.300. The molecule has 1 heterocycles. The molecule has 0 amide bonds. The highest BCUT2D eigenvalue weighted by atomic mass is 32.2. The number of hydrogen-bond acceptors (Lipinski definition) is 6. The molecule has 1 unspecified atom stereocenters. The van der Waals surface area contributed by atoms with E-state index in [2.05, 4.69) is 15.5 Å². The normalized spacial score (nSPS) is 12.2. The molecule has 0 fully saturated rings. The summed E-state index contributed by atoms with van der Waals surface area (Å²) >= 11 is 1.27. The molecular weight excluding hydrogens is 276 g/mol. The Balaban J connectivity index is 2.34. The van der Waals surface area contributed by atoms with Crippen molar-refractivity contribution in [2.45, 2.75) is 31.2 Å². The van der Waals surface area contributed by atoms with Crippen LogP contribution in [0.25, 0.3) is 5.69 Å². The number of methoxy groups -OCH3 is 1. The Kier molecular flexibility index (Phi) is 4.39. The van der Waals surface area contributed by atoms with Crippen LogP contribution in [0.2, 0.25) is 0 Å². The third-order valence-corrected chi connectivity index (χ3v) is 4.07. The molecule has 1 atom stereocenters. The Labute approximate surface area is 121 Å². The summed E-state index contributed by atoms with van der Waals surface area (Å²) in [7, 11) is 1.37. The van der Waals surface area contributed by atoms with Crippen LogP contribution in [0.15, 0.2) is 23.4 Å². The first-order valence-electron chi connectivity index (χ1n) is 6.14. The fourth-order valence-electron chi connectivity index (χ4n) is 1.74. The molecule has 0 N–H and O–H groups in total. The van der Waals surface area contributed by atoms with E-state index in [-0.39, 0.29) is 11.2 Å². The number of esters is 1. The maximum Gasteiger partial charge on any atom is 0.318 e. The van der Waals surface area contributed by atoms with Gasteiger partial charge < -0.3 is 4.74 Å². The number of rotatable bonds is 4. The van der Waals surface area contributed by atoms with E-state index in [9.17, 15) is 4.79 Å². The van der Waals surface area contributed by atoms with Crippen LogP contribution >= 0.6 is 11.8 Å². The van der Waals surface area contributed by atoms with Crippen molar-refractivity contribution in [1.29, 1.82) is 0 Å². The first-order valence-corrected chi connectivity index (χ1v) is 7.02. The quantitative estimate of drug-likeness (QED) is 0.633. The minimum absolute atomic E-state index is 0.300. The Bertz CT molecular complexity index is 627. The van der Waals surface area contributed by atoms with Gasteiger partial charge in [0, 0.05) is 0 Å².